The zero-order valence-corrected chi connectivity index (χ0v) is 13.7. The Morgan fingerprint density at radius 3 is 2.62 bits per heavy atom. The van der Waals surface area contributed by atoms with Gasteiger partial charge in [-0.15, -0.1) is 0 Å². The monoisotopic (exact) mass is 380 g/mol. The molecule has 0 aromatic carbocycles. The van der Waals surface area contributed by atoms with E-state index in [0.717, 1.165) is 32.0 Å². The van der Waals surface area contributed by atoms with E-state index < -0.39 is 21.8 Å². The summed E-state index contributed by atoms with van der Waals surface area (Å²) in [7, 11) is -3.79. The maximum atomic E-state index is 12.1. The van der Waals surface area contributed by atoms with Crippen LogP contribution < -0.4 is 4.72 Å². The van der Waals surface area contributed by atoms with Crippen LogP contribution in [0.4, 0.5) is 0 Å². The molecule has 0 spiro atoms. The number of sulfonamides is 1. The quantitative estimate of drug-likeness (QED) is 0.775. The van der Waals surface area contributed by atoms with E-state index >= 15 is 0 Å². The summed E-state index contributed by atoms with van der Waals surface area (Å²) in [5, 5.41) is 8.80. The Bertz CT molecular complexity index is 607. The van der Waals surface area contributed by atoms with Crippen LogP contribution in [0.15, 0.2) is 20.0 Å². The largest absolute Gasteiger partial charge is 0.475 e. The van der Waals surface area contributed by atoms with Gasteiger partial charge in [0.15, 0.2) is 4.67 Å². The maximum absolute atomic E-state index is 12.1. The molecule has 7 nitrogen and oxygen atoms in total. The van der Waals surface area contributed by atoms with Crippen molar-refractivity contribution in [2.45, 2.75) is 24.2 Å². The predicted molar refractivity (Wildman–Crippen MR) is 78.8 cm³/mol. The first kappa shape index (κ1) is 16.5. The number of hydrogen-bond donors (Lipinski definition) is 2. The van der Waals surface area contributed by atoms with E-state index in [0.29, 0.717) is 6.54 Å². The zero-order chi connectivity index (χ0) is 15.5. The molecular formula is C12H17BrN2O5S. The van der Waals surface area contributed by atoms with Gasteiger partial charge in [0.1, 0.15) is 4.90 Å². The van der Waals surface area contributed by atoms with Crippen molar-refractivity contribution >= 4 is 31.9 Å². The molecule has 1 aliphatic heterocycles. The number of carboxylic acids is 1. The van der Waals surface area contributed by atoms with Crippen LogP contribution >= 0.6 is 15.9 Å². The number of halogens is 1. The number of rotatable bonds is 6. The van der Waals surface area contributed by atoms with E-state index in [4.69, 9.17) is 9.52 Å². The molecule has 0 saturated carbocycles. The Balaban J connectivity index is 1.96. The predicted octanol–water partition coefficient (Wildman–Crippen LogP) is 1.50. The van der Waals surface area contributed by atoms with Crippen molar-refractivity contribution in [3.8, 4) is 0 Å². The van der Waals surface area contributed by atoms with Gasteiger partial charge in [0.05, 0.1) is 0 Å². The van der Waals surface area contributed by atoms with E-state index in [1.807, 2.05) is 0 Å². The molecule has 2 N–H and O–H groups in total. The fourth-order valence-electron chi connectivity index (χ4n) is 2.24. The molecular weight excluding hydrogens is 364 g/mol. The van der Waals surface area contributed by atoms with Gasteiger partial charge in [0.25, 0.3) is 0 Å². The fourth-order valence-corrected chi connectivity index (χ4v) is 4.20. The topological polar surface area (TPSA) is 99.8 Å². The normalized spacial score (nSPS) is 17.0. The van der Waals surface area contributed by atoms with Gasteiger partial charge in [-0.3, -0.25) is 0 Å². The van der Waals surface area contributed by atoms with E-state index in [-0.39, 0.29) is 16.1 Å². The highest BCUT2D eigenvalue weighted by molar-refractivity contribution is 9.10. The zero-order valence-electron chi connectivity index (χ0n) is 11.3. The third-order valence-electron chi connectivity index (χ3n) is 3.32. The molecule has 118 valence electrons. The lowest BCUT2D eigenvalue weighted by atomic mass is 10.1. The van der Waals surface area contributed by atoms with E-state index in [9.17, 15) is 13.2 Å². The molecule has 0 bridgehead atoms. The van der Waals surface area contributed by atoms with Crippen LogP contribution in [0.25, 0.3) is 0 Å². The molecule has 1 aliphatic rings. The molecule has 1 aromatic heterocycles. The van der Waals surface area contributed by atoms with Gasteiger partial charge in [0.2, 0.25) is 15.8 Å². The number of nitrogens with one attached hydrogen (secondary N) is 1. The SMILES string of the molecule is O=C(O)c1cc(S(=O)(=O)NCCN2CCCCC2)c(Br)o1. The average Bonchev–Trinajstić information content (AvgIpc) is 2.83. The molecule has 0 amide bonds. The highest BCUT2D eigenvalue weighted by atomic mass is 79.9. The second-order valence-corrected chi connectivity index (χ2v) is 7.31. The third-order valence-corrected chi connectivity index (χ3v) is 5.64. The third kappa shape index (κ3) is 4.29. The number of carbonyl (C=O) groups is 1. The van der Waals surface area contributed by atoms with Crippen molar-refractivity contribution in [3.05, 3.63) is 16.5 Å². The molecule has 1 fully saturated rings. The molecule has 2 heterocycles. The Hall–Kier alpha value is -0.900. The summed E-state index contributed by atoms with van der Waals surface area (Å²) >= 11 is 2.93. The molecule has 9 heteroatoms. The Morgan fingerprint density at radius 1 is 1.38 bits per heavy atom. The van der Waals surface area contributed by atoms with Crippen LogP contribution in [-0.4, -0.2) is 50.6 Å². The second kappa shape index (κ2) is 6.91. The standard InChI is InChI=1S/C12H17BrN2O5S/c13-11-10(8-9(20-11)12(16)17)21(18,19)14-4-7-15-5-2-1-3-6-15/h8,14H,1-7H2,(H,16,17). The first-order valence-corrected chi connectivity index (χ1v) is 8.92. The molecule has 0 unspecified atom stereocenters. The molecule has 1 aromatic rings. The van der Waals surface area contributed by atoms with Crippen molar-refractivity contribution in [3.63, 3.8) is 0 Å². The van der Waals surface area contributed by atoms with Gasteiger partial charge in [-0.1, -0.05) is 6.42 Å². The van der Waals surface area contributed by atoms with Gasteiger partial charge >= 0.3 is 5.97 Å². The van der Waals surface area contributed by atoms with Crippen molar-refractivity contribution in [2.75, 3.05) is 26.2 Å². The van der Waals surface area contributed by atoms with Gasteiger partial charge < -0.3 is 14.4 Å². The van der Waals surface area contributed by atoms with Gasteiger partial charge in [-0.05, 0) is 41.9 Å². The van der Waals surface area contributed by atoms with Crippen molar-refractivity contribution < 1.29 is 22.7 Å². The highest BCUT2D eigenvalue weighted by Gasteiger charge is 2.24. The lowest BCUT2D eigenvalue weighted by molar-refractivity contribution is 0.0661. The summed E-state index contributed by atoms with van der Waals surface area (Å²) in [5.74, 6) is -1.73. The summed E-state index contributed by atoms with van der Waals surface area (Å²) in [6.07, 6.45) is 3.51. The lowest BCUT2D eigenvalue weighted by Crippen LogP contribution is -2.37. The minimum Gasteiger partial charge on any atom is -0.475 e. The average molecular weight is 381 g/mol. The van der Waals surface area contributed by atoms with E-state index in [2.05, 4.69) is 25.6 Å². The second-order valence-electron chi connectivity index (χ2n) is 4.85. The van der Waals surface area contributed by atoms with Gasteiger partial charge in [-0.2, -0.15) is 0 Å². The van der Waals surface area contributed by atoms with Crippen LogP contribution in [0, 0.1) is 0 Å². The van der Waals surface area contributed by atoms with Crippen LogP contribution in [-0.2, 0) is 10.0 Å². The van der Waals surface area contributed by atoms with Crippen molar-refractivity contribution in [2.24, 2.45) is 0 Å². The molecule has 1 saturated heterocycles. The highest BCUT2D eigenvalue weighted by Crippen LogP contribution is 2.25. The number of piperidine rings is 1. The minimum atomic E-state index is -3.79. The summed E-state index contributed by atoms with van der Waals surface area (Å²) < 4.78 is 31.4. The summed E-state index contributed by atoms with van der Waals surface area (Å²) in [5.41, 5.74) is 0. The van der Waals surface area contributed by atoms with Crippen LogP contribution in [0.3, 0.4) is 0 Å². The van der Waals surface area contributed by atoms with E-state index in [1.165, 1.54) is 6.42 Å². The Labute approximate surface area is 131 Å². The van der Waals surface area contributed by atoms with Crippen LogP contribution in [0.1, 0.15) is 29.8 Å². The first-order valence-electron chi connectivity index (χ1n) is 6.65. The van der Waals surface area contributed by atoms with Gasteiger partial charge in [-0.25, -0.2) is 17.9 Å². The Morgan fingerprint density at radius 2 is 2.05 bits per heavy atom. The smallest absolute Gasteiger partial charge is 0.371 e. The number of nitrogens with zero attached hydrogens (tertiary/aromatic N) is 1. The molecule has 2 rings (SSSR count). The molecule has 21 heavy (non-hydrogen) atoms. The van der Waals surface area contributed by atoms with E-state index in [1.54, 1.807) is 0 Å². The fraction of sp³-hybridized carbons (Fsp3) is 0.583. The maximum Gasteiger partial charge on any atom is 0.371 e. The van der Waals surface area contributed by atoms with Gasteiger partial charge in [0, 0.05) is 19.2 Å². The van der Waals surface area contributed by atoms with Crippen molar-refractivity contribution in [1.82, 2.24) is 9.62 Å². The summed E-state index contributed by atoms with van der Waals surface area (Å²) in [4.78, 5) is 12.8. The number of furan rings is 1. The Kier molecular flexibility index (Phi) is 5.42. The minimum absolute atomic E-state index is 0.106. The number of carboxylic acid groups (broad SMARTS) is 1. The molecule has 0 radical (unpaired) electrons. The molecule has 0 aliphatic carbocycles. The summed E-state index contributed by atoms with van der Waals surface area (Å²) in [6.45, 7) is 2.89. The number of aromatic carboxylic acids is 1. The van der Waals surface area contributed by atoms with Crippen LogP contribution in [0.2, 0.25) is 0 Å². The number of hydrogen-bond acceptors (Lipinski definition) is 5. The van der Waals surface area contributed by atoms with Crippen LogP contribution in [0.5, 0.6) is 0 Å². The van der Waals surface area contributed by atoms with Crippen molar-refractivity contribution in [1.29, 1.82) is 0 Å². The molecule has 0 atom stereocenters. The lowest BCUT2D eigenvalue weighted by Gasteiger charge is -2.26. The first-order chi connectivity index (χ1) is 9.90. The number of likely N-dealkylation sites (tertiary alicyclic amines) is 1. The summed E-state index contributed by atoms with van der Waals surface area (Å²) in [6, 6.07) is 0.996.